The van der Waals surface area contributed by atoms with Gasteiger partial charge in [-0.1, -0.05) is 95.0 Å². The van der Waals surface area contributed by atoms with Gasteiger partial charge in [0.15, 0.2) is 0 Å². The first-order valence-corrected chi connectivity index (χ1v) is 15.8. The van der Waals surface area contributed by atoms with E-state index in [0.717, 1.165) is 29.2 Å². The molecule has 0 saturated heterocycles. The zero-order valence-electron chi connectivity index (χ0n) is 17.9. The predicted molar refractivity (Wildman–Crippen MR) is 110 cm³/mol. The Hall–Kier alpha value is 0.926. The molecule has 0 N–H and O–H groups in total. The van der Waals surface area contributed by atoms with Crippen LogP contribution in [0.25, 0.3) is 4.98 Å². The first kappa shape index (κ1) is 26.2. The molecule has 1 aliphatic carbocycles. The van der Waals surface area contributed by atoms with E-state index in [4.69, 9.17) is 4.98 Å². The molecule has 1 fully saturated rings. The summed E-state index contributed by atoms with van der Waals surface area (Å²) in [5.74, 6) is 3.40. The molecule has 23 heavy (non-hydrogen) atoms. The quantitative estimate of drug-likeness (QED) is 0.354. The van der Waals surface area contributed by atoms with Crippen molar-refractivity contribution in [3.63, 3.8) is 0 Å². The molecule has 0 bridgehead atoms. The second-order valence-corrected chi connectivity index (χ2v) is 19.8. The standard InChI is InChI=1S/C15H32NSi.C4H11Si.Cr/c1-10-11(2)13(4)14(12(10)3)17(8,9)16-15(5,6)7;1-5(2,3)4;/h10-14H,1-9H3;1H2,2-4H3;/q2*-1;+3. The van der Waals surface area contributed by atoms with E-state index in [1.165, 1.54) is 0 Å². The molecule has 0 spiro atoms. The van der Waals surface area contributed by atoms with Gasteiger partial charge in [-0.2, -0.15) is 0 Å². The molecule has 1 rings (SSSR count). The molecule has 137 valence electrons. The second kappa shape index (κ2) is 9.04. The van der Waals surface area contributed by atoms with Gasteiger partial charge in [0.25, 0.3) is 0 Å². The van der Waals surface area contributed by atoms with Crippen molar-refractivity contribution in [3.05, 3.63) is 11.5 Å². The maximum Gasteiger partial charge on any atom is 3.00 e. The zero-order valence-corrected chi connectivity index (χ0v) is 21.2. The summed E-state index contributed by atoms with van der Waals surface area (Å²) in [4.78, 5) is 5.23. The average molecular weight is 394 g/mol. The monoisotopic (exact) mass is 393 g/mol. The van der Waals surface area contributed by atoms with E-state index in [0.29, 0.717) is 0 Å². The minimum absolute atomic E-state index is 0. The van der Waals surface area contributed by atoms with Gasteiger partial charge in [0.05, 0.1) is 0 Å². The van der Waals surface area contributed by atoms with Crippen LogP contribution in [0.1, 0.15) is 48.5 Å². The van der Waals surface area contributed by atoms with E-state index in [9.17, 15) is 0 Å². The van der Waals surface area contributed by atoms with Gasteiger partial charge >= 0.3 is 17.4 Å². The van der Waals surface area contributed by atoms with Gasteiger partial charge in [0, 0.05) is 0 Å². The summed E-state index contributed by atoms with van der Waals surface area (Å²) >= 11 is 0. The predicted octanol–water partition coefficient (Wildman–Crippen LogP) is 6.99. The van der Waals surface area contributed by atoms with Crippen LogP contribution in [0.4, 0.5) is 0 Å². The minimum Gasteiger partial charge on any atom is -0.660 e. The Kier molecular flexibility index (Phi) is 10.3. The van der Waals surface area contributed by atoms with Gasteiger partial charge in [-0.05, 0) is 23.7 Å². The Morgan fingerprint density at radius 2 is 1.00 bits per heavy atom. The van der Waals surface area contributed by atoms with E-state index in [1.54, 1.807) is 0 Å². The van der Waals surface area contributed by atoms with Crippen molar-refractivity contribution >= 4 is 16.3 Å². The molecule has 4 atom stereocenters. The van der Waals surface area contributed by atoms with Crippen LogP contribution in [0.15, 0.2) is 0 Å². The minimum atomic E-state index is -1.49. The molecular formula is C19H43CrNSi2+. The summed E-state index contributed by atoms with van der Waals surface area (Å²) < 4.78 is 0. The van der Waals surface area contributed by atoms with E-state index in [2.05, 4.69) is 87.7 Å². The molecule has 0 aromatic carbocycles. The SMILES string of the molecule is CC1C(C)C(C)C([Si](C)(C)[N-]C(C)(C)C)C1C.[CH2-][Si](C)(C)C.[Cr+3]. The maximum atomic E-state index is 5.23. The van der Waals surface area contributed by atoms with Gasteiger partial charge in [-0.15, -0.1) is 13.6 Å². The number of hydrogen-bond acceptors (Lipinski definition) is 0. The van der Waals surface area contributed by atoms with Crippen LogP contribution in [0, 0.1) is 30.2 Å². The maximum absolute atomic E-state index is 5.23. The van der Waals surface area contributed by atoms with Crippen LogP contribution < -0.4 is 0 Å². The van der Waals surface area contributed by atoms with Crippen molar-refractivity contribution in [1.82, 2.24) is 0 Å². The largest absolute Gasteiger partial charge is 3.00 e. The van der Waals surface area contributed by atoms with Crippen molar-refractivity contribution in [1.29, 1.82) is 0 Å². The van der Waals surface area contributed by atoms with Gasteiger partial charge in [0.1, 0.15) is 0 Å². The normalized spacial score (nSPS) is 32.0. The zero-order chi connectivity index (χ0) is 18.1. The van der Waals surface area contributed by atoms with Crippen molar-refractivity contribution in [2.45, 2.75) is 92.3 Å². The first-order chi connectivity index (χ1) is 9.47. The molecule has 0 aromatic heterocycles. The number of rotatable bonds is 2. The van der Waals surface area contributed by atoms with Crippen molar-refractivity contribution < 1.29 is 17.4 Å². The molecule has 1 saturated carbocycles. The van der Waals surface area contributed by atoms with Gasteiger partial charge in [0.2, 0.25) is 0 Å². The summed E-state index contributed by atoms with van der Waals surface area (Å²) in [5, 5.41) is 0. The Balaban J connectivity index is 0. The molecule has 4 unspecified atom stereocenters. The fourth-order valence-corrected chi connectivity index (χ4v) is 9.37. The average Bonchev–Trinajstić information content (AvgIpc) is 2.37. The molecular weight excluding hydrogens is 350 g/mol. The van der Waals surface area contributed by atoms with E-state index < -0.39 is 16.3 Å². The van der Waals surface area contributed by atoms with Crippen molar-refractivity contribution in [2.24, 2.45) is 23.7 Å². The van der Waals surface area contributed by atoms with Crippen molar-refractivity contribution in [2.75, 3.05) is 0 Å². The van der Waals surface area contributed by atoms with Crippen molar-refractivity contribution in [3.8, 4) is 0 Å². The fraction of sp³-hybridized carbons (Fsp3) is 0.947. The third-order valence-electron chi connectivity index (χ3n) is 5.06. The van der Waals surface area contributed by atoms with Crippen LogP contribution in [0.5, 0.6) is 0 Å². The Bertz CT molecular complexity index is 324. The van der Waals surface area contributed by atoms with E-state index in [1.807, 2.05) is 0 Å². The summed E-state index contributed by atoms with van der Waals surface area (Å²) in [5.41, 5.74) is 0.983. The fourth-order valence-electron chi connectivity index (χ4n) is 4.32. The Labute approximate surface area is 161 Å². The van der Waals surface area contributed by atoms with Crippen LogP contribution in [0.2, 0.25) is 38.3 Å². The van der Waals surface area contributed by atoms with Crippen LogP contribution in [0.3, 0.4) is 0 Å². The van der Waals surface area contributed by atoms with E-state index >= 15 is 0 Å². The summed E-state index contributed by atoms with van der Waals surface area (Å²) in [6.07, 6.45) is 0. The van der Waals surface area contributed by atoms with Gasteiger partial charge in [-0.3, -0.25) is 0 Å². The topological polar surface area (TPSA) is 14.1 Å². The van der Waals surface area contributed by atoms with Crippen LogP contribution >= 0.6 is 0 Å². The van der Waals surface area contributed by atoms with Gasteiger partial charge < -0.3 is 11.5 Å². The second-order valence-electron chi connectivity index (χ2n) is 10.5. The number of hydrogen-bond donors (Lipinski definition) is 0. The molecule has 4 heteroatoms. The van der Waals surface area contributed by atoms with Crippen LogP contribution in [-0.2, 0) is 17.4 Å². The van der Waals surface area contributed by atoms with Gasteiger partial charge in [-0.25, -0.2) is 0 Å². The molecule has 0 heterocycles. The Morgan fingerprint density at radius 3 is 1.22 bits per heavy atom. The smallest absolute Gasteiger partial charge is 0.660 e. The Morgan fingerprint density at radius 1 is 0.739 bits per heavy atom. The van der Waals surface area contributed by atoms with E-state index in [-0.39, 0.29) is 22.9 Å². The third-order valence-corrected chi connectivity index (χ3v) is 8.99. The summed E-state index contributed by atoms with van der Waals surface area (Å²) in [6.45, 7) is 32.0. The molecule has 0 aliphatic heterocycles. The third kappa shape index (κ3) is 9.26. The molecule has 0 amide bonds. The number of nitrogens with zero attached hydrogens (tertiary/aromatic N) is 1. The van der Waals surface area contributed by atoms with Crippen LogP contribution in [-0.4, -0.2) is 21.8 Å². The molecule has 1 radical (unpaired) electrons. The molecule has 1 nitrogen and oxygen atoms in total. The molecule has 0 aromatic rings. The summed E-state index contributed by atoms with van der Waals surface area (Å²) in [7, 11) is -2.35. The molecule has 1 aliphatic rings. The first-order valence-electron chi connectivity index (χ1n) is 9.07. The summed E-state index contributed by atoms with van der Waals surface area (Å²) in [6, 6.07) is 0.